The van der Waals surface area contributed by atoms with E-state index in [0.29, 0.717) is 0 Å². The van der Waals surface area contributed by atoms with Crippen molar-refractivity contribution < 1.29 is 18.6 Å². The van der Waals surface area contributed by atoms with E-state index in [1.807, 2.05) is 0 Å². The summed E-state index contributed by atoms with van der Waals surface area (Å²) in [7, 11) is 2.95. The van der Waals surface area contributed by atoms with Gasteiger partial charge in [-0.15, -0.1) is 0 Å². The molecule has 0 saturated carbocycles. The minimum atomic E-state index is -0.541. The zero-order chi connectivity index (χ0) is 11.3. The molecule has 0 saturated heterocycles. The topological polar surface area (TPSA) is 27.7 Å². The molecule has 84 valence electrons. The Balaban J connectivity index is 2.64. The van der Waals surface area contributed by atoms with Gasteiger partial charge in [-0.25, -0.2) is 4.39 Å². The van der Waals surface area contributed by atoms with Crippen LogP contribution in [0.15, 0.2) is 18.2 Å². The van der Waals surface area contributed by atoms with Crippen molar-refractivity contribution >= 4 is 11.6 Å². The second-order valence-electron chi connectivity index (χ2n) is 2.76. The number of halogens is 2. The van der Waals surface area contributed by atoms with E-state index >= 15 is 0 Å². The zero-order valence-corrected chi connectivity index (χ0v) is 9.25. The molecular weight excluding hydrogens is 223 g/mol. The van der Waals surface area contributed by atoms with Crippen molar-refractivity contribution in [1.29, 1.82) is 0 Å². The quantitative estimate of drug-likeness (QED) is 0.733. The summed E-state index contributed by atoms with van der Waals surface area (Å²) in [5.41, 5.74) is 0. The molecule has 3 nitrogen and oxygen atoms in total. The van der Waals surface area contributed by atoms with Crippen LogP contribution >= 0.6 is 11.6 Å². The van der Waals surface area contributed by atoms with Gasteiger partial charge in [0.2, 0.25) is 0 Å². The smallest absolute Gasteiger partial charge is 0.191 e. The molecule has 15 heavy (non-hydrogen) atoms. The van der Waals surface area contributed by atoms with Crippen molar-refractivity contribution in [3.05, 3.63) is 29.0 Å². The molecule has 0 spiro atoms. The summed E-state index contributed by atoms with van der Waals surface area (Å²) >= 11 is 5.75. The van der Waals surface area contributed by atoms with Gasteiger partial charge < -0.3 is 14.2 Å². The highest BCUT2D eigenvalue weighted by Gasteiger charge is 2.11. The Hall–Kier alpha value is -0.840. The van der Waals surface area contributed by atoms with Crippen LogP contribution in [-0.2, 0) is 9.47 Å². The van der Waals surface area contributed by atoms with Crippen molar-refractivity contribution in [3.63, 3.8) is 0 Å². The van der Waals surface area contributed by atoms with Gasteiger partial charge in [0.25, 0.3) is 0 Å². The lowest BCUT2D eigenvalue weighted by molar-refractivity contribution is -0.122. The molecule has 1 aromatic carbocycles. The summed E-state index contributed by atoms with van der Waals surface area (Å²) in [5, 5.41) is 0.223. The van der Waals surface area contributed by atoms with Gasteiger partial charge in [-0.1, -0.05) is 17.7 Å². The molecular formula is C10H12ClFO3. The van der Waals surface area contributed by atoms with Gasteiger partial charge in [0.15, 0.2) is 17.9 Å². The third kappa shape index (κ3) is 3.34. The minimum Gasteiger partial charge on any atom is -0.484 e. The van der Waals surface area contributed by atoms with E-state index in [0.717, 1.165) is 0 Å². The fourth-order valence-electron chi connectivity index (χ4n) is 1.00. The van der Waals surface area contributed by atoms with Crippen LogP contribution in [0.2, 0.25) is 5.02 Å². The second-order valence-corrected chi connectivity index (χ2v) is 3.17. The number of hydrogen-bond acceptors (Lipinski definition) is 3. The third-order valence-corrected chi connectivity index (χ3v) is 2.11. The molecule has 0 bridgehead atoms. The SMILES string of the molecule is COC(COc1c(F)cccc1Cl)OC. The lowest BCUT2D eigenvalue weighted by atomic mass is 10.3. The van der Waals surface area contributed by atoms with Crippen LogP contribution in [0.1, 0.15) is 0 Å². The van der Waals surface area contributed by atoms with Crippen molar-refractivity contribution in [1.82, 2.24) is 0 Å². The maximum absolute atomic E-state index is 13.2. The normalized spacial score (nSPS) is 10.7. The number of methoxy groups -OCH3 is 2. The predicted octanol–water partition coefficient (Wildman–Crippen LogP) is 2.48. The molecule has 0 aromatic heterocycles. The first-order valence-corrected chi connectivity index (χ1v) is 4.69. The maximum atomic E-state index is 13.2. The van der Waals surface area contributed by atoms with Gasteiger partial charge in [0, 0.05) is 14.2 Å². The highest BCUT2D eigenvalue weighted by Crippen LogP contribution is 2.27. The molecule has 0 radical (unpaired) electrons. The first kappa shape index (κ1) is 12.2. The Labute approximate surface area is 92.7 Å². The highest BCUT2D eigenvalue weighted by atomic mass is 35.5. The lowest BCUT2D eigenvalue weighted by Gasteiger charge is -2.15. The molecule has 0 unspecified atom stereocenters. The monoisotopic (exact) mass is 234 g/mol. The Morgan fingerprint density at radius 2 is 2.00 bits per heavy atom. The van der Waals surface area contributed by atoms with E-state index in [1.165, 1.54) is 26.4 Å². The van der Waals surface area contributed by atoms with E-state index in [9.17, 15) is 4.39 Å². The Morgan fingerprint density at radius 3 is 2.53 bits per heavy atom. The van der Waals surface area contributed by atoms with Gasteiger partial charge >= 0.3 is 0 Å². The summed E-state index contributed by atoms with van der Waals surface area (Å²) in [6.07, 6.45) is -0.541. The minimum absolute atomic E-state index is 0.0123. The van der Waals surface area contributed by atoms with E-state index < -0.39 is 12.1 Å². The molecule has 1 rings (SSSR count). The molecule has 0 amide bonds. The summed E-state index contributed by atoms with van der Waals surface area (Å²) < 4.78 is 28.1. The summed E-state index contributed by atoms with van der Waals surface area (Å²) in [6.45, 7) is 0.0770. The van der Waals surface area contributed by atoms with Crippen LogP contribution in [0.3, 0.4) is 0 Å². The molecule has 0 aliphatic heterocycles. The Morgan fingerprint density at radius 1 is 1.33 bits per heavy atom. The number of hydrogen-bond donors (Lipinski definition) is 0. The third-order valence-electron chi connectivity index (χ3n) is 1.81. The lowest BCUT2D eigenvalue weighted by Crippen LogP contribution is -2.22. The maximum Gasteiger partial charge on any atom is 0.191 e. The van der Waals surface area contributed by atoms with E-state index in [2.05, 4.69) is 0 Å². The standard InChI is InChI=1S/C10H12ClFO3/c1-13-9(14-2)6-15-10-7(11)4-3-5-8(10)12/h3-5,9H,6H2,1-2H3. The molecule has 1 aromatic rings. The van der Waals surface area contributed by atoms with Crippen LogP contribution in [0.25, 0.3) is 0 Å². The molecule has 0 atom stereocenters. The first-order chi connectivity index (χ1) is 7.19. The van der Waals surface area contributed by atoms with Crippen LogP contribution < -0.4 is 4.74 Å². The average Bonchev–Trinajstić information content (AvgIpc) is 2.23. The molecule has 0 heterocycles. The van der Waals surface area contributed by atoms with Gasteiger partial charge in [-0.05, 0) is 12.1 Å². The summed E-state index contributed by atoms with van der Waals surface area (Å²) in [6, 6.07) is 4.33. The van der Waals surface area contributed by atoms with Crippen molar-refractivity contribution in [2.45, 2.75) is 6.29 Å². The van der Waals surface area contributed by atoms with Crippen LogP contribution in [0.5, 0.6) is 5.75 Å². The Bertz CT molecular complexity index is 295. The van der Waals surface area contributed by atoms with Gasteiger partial charge in [0.05, 0.1) is 5.02 Å². The van der Waals surface area contributed by atoms with Crippen LogP contribution in [-0.4, -0.2) is 27.1 Å². The first-order valence-electron chi connectivity index (χ1n) is 4.31. The van der Waals surface area contributed by atoms with E-state index in [-0.39, 0.29) is 17.4 Å². The summed E-state index contributed by atoms with van der Waals surface area (Å²) in [4.78, 5) is 0. The molecule has 5 heteroatoms. The van der Waals surface area contributed by atoms with Gasteiger partial charge in [-0.2, -0.15) is 0 Å². The predicted molar refractivity (Wildman–Crippen MR) is 54.7 cm³/mol. The number of ether oxygens (including phenoxy) is 3. The number of benzene rings is 1. The number of rotatable bonds is 5. The molecule has 0 aliphatic carbocycles. The van der Waals surface area contributed by atoms with E-state index in [4.69, 9.17) is 25.8 Å². The largest absolute Gasteiger partial charge is 0.484 e. The fraction of sp³-hybridized carbons (Fsp3) is 0.400. The highest BCUT2D eigenvalue weighted by molar-refractivity contribution is 6.32. The Kier molecular flexibility index (Phi) is 4.81. The van der Waals surface area contributed by atoms with Gasteiger partial charge in [0.1, 0.15) is 6.61 Å². The summed E-state index contributed by atoms with van der Waals surface area (Å²) in [5.74, 6) is -0.494. The average molecular weight is 235 g/mol. The van der Waals surface area contributed by atoms with Crippen LogP contribution in [0, 0.1) is 5.82 Å². The van der Waals surface area contributed by atoms with Crippen molar-refractivity contribution in [3.8, 4) is 5.75 Å². The van der Waals surface area contributed by atoms with Crippen molar-refractivity contribution in [2.24, 2.45) is 0 Å². The molecule has 0 aliphatic rings. The van der Waals surface area contributed by atoms with E-state index in [1.54, 1.807) is 6.07 Å². The number of para-hydroxylation sites is 1. The molecule has 0 N–H and O–H groups in total. The fourth-order valence-corrected chi connectivity index (χ4v) is 1.22. The van der Waals surface area contributed by atoms with Crippen LogP contribution in [0.4, 0.5) is 4.39 Å². The van der Waals surface area contributed by atoms with Gasteiger partial charge in [-0.3, -0.25) is 0 Å². The molecule has 0 fully saturated rings. The zero-order valence-electron chi connectivity index (χ0n) is 8.50. The van der Waals surface area contributed by atoms with Crippen molar-refractivity contribution in [2.75, 3.05) is 20.8 Å². The second kappa shape index (κ2) is 5.90.